The third-order valence-corrected chi connectivity index (χ3v) is 8.43. The molecule has 2 aromatic rings. The van der Waals surface area contributed by atoms with E-state index in [1.807, 2.05) is 60.7 Å². The number of benzene rings is 2. The number of rotatable bonds is 8. The molecule has 0 radical (unpaired) electrons. The summed E-state index contributed by atoms with van der Waals surface area (Å²) < 4.78 is 10.9. The molecule has 0 spiro atoms. The third-order valence-electron chi connectivity index (χ3n) is 5.80. The first-order chi connectivity index (χ1) is 13.3. The van der Waals surface area contributed by atoms with Crippen molar-refractivity contribution in [1.82, 2.24) is 0 Å². The van der Waals surface area contributed by atoms with Crippen LogP contribution in [0.5, 0.6) is 0 Å². The molecule has 2 aliphatic heterocycles. The van der Waals surface area contributed by atoms with Crippen LogP contribution in [0.3, 0.4) is 0 Å². The van der Waals surface area contributed by atoms with E-state index in [1.165, 1.54) is 0 Å². The average molecular weight is 404 g/mol. The van der Waals surface area contributed by atoms with Gasteiger partial charge in [0.25, 0.3) is 0 Å². The predicted molar refractivity (Wildman–Crippen MR) is 110 cm³/mol. The summed E-state index contributed by atoms with van der Waals surface area (Å²) in [4.78, 5) is 33.2. The van der Waals surface area contributed by atoms with E-state index in [0.29, 0.717) is 39.3 Å². The van der Waals surface area contributed by atoms with Crippen molar-refractivity contribution in [3.05, 3.63) is 71.8 Å². The molecule has 0 amide bonds. The van der Waals surface area contributed by atoms with Crippen molar-refractivity contribution >= 4 is 7.28 Å². The van der Waals surface area contributed by atoms with Crippen LogP contribution in [0.1, 0.15) is 11.1 Å². The molecule has 2 aliphatic rings. The van der Waals surface area contributed by atoms with Gasteiger partial charge >= 0.3 is 166 Å². The maximum absolute atomic E-state index is 11.1. The summed E-state index contributed by atoms with van der Waals surface area (Å²) in [6.07, 6.45) is 1.28. The summed E-state index contributed by atoms with van der Waals surface area (Å²) >= 11 is 0. The van der Waals surface area contributed by atoms with Gasteiger partial charge in [0.1, 0.15) is 0 Å². The molecule has 0 aliphatic carbocycles. The molecule has 0 atom stereocenters. The Labute approximate surface area is 166 Å². The molecule has 0 saturated carbocycles. The van der Waals surface area contributed by atoms with Crippen molar-refractivity contribution < 1.29 is 24.2 Å². The molecule has 28 heavy (non-hydrogen) atoms. The summed E-state index contributed by atoms with van der Waals surface area (Å²) in [6.45, 7) is 1.74. The van der Waals surface area contributed by atoms with Crippen LogP contribution in [0.2, 0.25) is 0 Å². The van der Waals surface area contributed by atoms with Crippen LogP contribution in [0.4, 0.5) is 0 Å². The van der Waals surface area contributed by atoms with Crippen LogP contribution in [0.15, 0.2) is 60.7 Å². The monoisotopic (exact) mass is 404 g/mol. The fraction of sp³-hybridized carbons (Fsp3) is 0.455. The Morgan fingerprint density at radius 1 is 0.643 bits per heavy atom. The molecule has 0 unspecified atom stereocenters. The van der Waals surface area contributed by atoms with Gasteiger partial charge in [-0.15, -0.1) is 0 Å². The van der Waals surface area contributed by atoms with Gasteiger partial charge in [0.2, 0.25) is 0 Å². The Bertz CT molecular complexity index is 726. The van der Waals surface area contributed by atoms with Gasteiger partial charge in [-0.25, -0.2) is 0 Å². The van der Waals surface area contributed by atoms with Gasteiger partial charge in [0.15, 0.2) is 0 Å². The molecule has 3 N–H and O–H groups in total. The molecule has 2 saturated heterocycles. The Morgan fingerprint density at radius 2 is 1.00 bits per heavy atom. The van der Waals surface area contributed by atoms with Gasteiger partial charge in [-0.3, -0.25) is 0 Å². The topological polar surface area (TPSA) is 79.2 Å². The zero-order chi connectivity index (χ0) is 19.7. The van der Waals surface area contributed by atoms with E-state index in [1.54, 1.807) is 0 Å². The normalized spacial score (nSPS) is 21.8. The summed E-state index contributed by atoms with van der Waals surface area (Å²) in [5, 5.41) is 0. The first-order valence-electron chi connectivity index (χ1n) is 9.74. The zero-order valence-electron chi connectivity index (χ0n) is 16.0. The minimum atomic E-state index is -4.87. The van der Waals surface area contributed by atoms with Crippen LogP contribution in [-0.4, -0.2) is 53.4 Å². The van der Waals surface area contributed by atoms with Crippen molar-refractivity contribution in [1.29, 1.82) is 0 Å². The van der Waals surface area contributed by atoms with Gasteiger partial charge in [-0.2, -0.15) is 0 Å². The molecule has 4 rings (SSSR count). The van der Waals surface area contributed by atoms with Crippen molar-refractivity contribution in [3.8, 4) is 0 Å². The fourth-order valence-corrected chi connectivity index (χ4v) is 8.22. The molecule has 0 bridgehead atoms. The molecule has 2 heterocycles. The Morgan fingerprint density at radius 3 is 1.29 bits per heavy atom. The van der Waals surface area contributed by atoms with E-state index in [9.17, 15) is 14.7 Å². The van der Waals surface area contributed by atoms with Gasteiger partial charge in [0, 0.05) is 0 Å². The minimum absolute atomic E-state index is 0.0238. The number of hydrogen-bond donors (Lipinski definition) is 3. The fourth-order valence-electron chi connectivity index (χ4n) is 4.77. The standard InChI is InChI=1S/C22H29O5P/c23-28(24,25,17-21(13-26-14-21)11-19-7-3-1-4-8-19)18-22(15-27-16-22)12-20-9-5-2-6-10-20/h1-10,23-25H,11-18H2. The maximum atomic E-state index is 11.1. The first-order valence-corrected chi connectivity index (χ1v) is 12.2. The second-order valence-corrected chi connectivity index (χ2v) is 12.3. The van der Waals surface area contributed by atoms with Gasteiger partial charge < -0.3 is 0 Å². The summed E-state index contributed by atoms with van der Waals surface area (Å²) in [6, 6.07) is 19.9. The quantitative estimate of drug-likeness (QED) is 0.590. The first kappa shape index (κ1) is 20.0. The number of hydrogen-bond acceptors (Lipinski definition) is 5. The van der Waals surface area contributed by atoms with Crippen molar-refractivity contribution in [2.45, 2.75) is 12.8 Å². The number of ether oxygens (including phenoxy) is 2. The average Bonchev–Trinajstić information content (AvgIpc) is 2.59. The third kappa shape index (κ3) is 4.62. The van der Waals surface area contributed by atoms with E-state index in [-0.39, 0.29) is 12.3 Å². The van der Waals surface area contributed by atoms with Crippen molar-refractivity contribution in [2.75, 3.05) is 38.8 Å². The molecule has 2 aromatic carbocycles. The SMILES string of the molecule is OP(O)(O)(CC1(Cc2ccccc2)COC1)CC1(Cc2ccccc2)COC1. The van der Waals surface area contributed by atoms with E-state index >= 15 is 0 Å². The van der Waals surface area contributed by atoms with Crippen molar-refractivity contribution in [3.63, 3.8) is 0 Å². The van der Waals surface area contributed by atoms with E-state index in [2.05, 4.69) is 0 Å². The second kappa shape index (κ2) is 7.17. The van der Waals surface area contributed by atoms with E-state index in [4.69, 9.17) is 9.47 Å². The van der Waals surface area contributed by atoms with E-state index in [0.717, 1.165) is 11.1 Å². The van der Waals surface area contributed by atoms with Crippen LogP contribution in [0, 0.1) is 10.8 Å². The van der Waals surface area contributed by atoms with Crippen LogP contribution in [0.25, 0.3) is 0 Å². The molecule has 5 nitrogen and oxygen atoms in total. The Hall–Kier alpha value is -1.33. The summed E-state index contributed by atoms with van der Waals surface area (Å²) in [5.74, 6) is 0. The molecular weight excluding hydrogens is 375 g/mol. The molecule has 6 heteroatoms. The predicted octanol–water partition coefficient (Wildman–Crippen LogP) is 2.78. The zero-order valence-corrected chi connectivity index (χ0v) is 16.9. The van der Waals surface area contributed by atoms with Crippen LogP contribution in [-0.2, 0) is 22.3 Å². The molecular formula is C22H29O5P. The van der Waals surface area contributed by atoms with Gasteiger partial charge in [0.05, 0.1) is 0 Å². The Kier molecular flexibility index (Phi) is 5.11. The molecule has 2 fully saturated rings. The van der Waals surface area contributed by atoms with Crippen molar-refractivity contribution in [2.24, 2.45) is 10.8 Å². The van der Waals surface area contributed by atoms with Gasteiger partial charge in [-0.05, 0) is 0 Å². The van der Waals surface area contributed by atoms with Crippen LogP contribution < -0.4 is 0 Å². The van der Waals surface area contributed by atoms with Crippen LogP contribution >= 0.6 is 7.28 Å². The molecule has 152 valence electrons. The Balaban J connectivity index is 1.50. The second-order valence-electron chi connectivity index (χ2n) is 8.97. The molecule has 0 aromatic heterocycles. The van der Waals surface area contributed by atoms with E-state index < -0.39 is 18.1 Å². The summed E-state index contributed by atoms with van der Waals surface area (Å²) in [5.41, 5.74) is 1.36. The van der Waals surface area contributed by atoms with Gasteiger partial charge in [-0.1, -0.05) is 0 Å². The summed E-state index contributed by atoms with van der Waals surface area (Å²) in [7, 11) is -4.87.